The second-order valence-electron chi connectivity index (χ2n) is 5.64. The molecule has 5 nitrogen and oxygen atoms in total. The van der Waals surface area contributed by atoms with Gasteiger partial charge in [0, 0.05) is 18.0 Å². The summed E-state index contributed by atoms with van der Waals surface area (Å²) in [6, 6.07) is 11.5. The molecule has 1 aromatic carbocycles. The summed E-state index contributed by atoms with van der Waals surface area (Å²) in [5, 5.41) is 6.80. The van der Waals surface area contributed by atoms with Gasteiger partial charge in [0.05, 0.1) is 23.2 Å². The van der Waals surface area contributed by atoms with Crippen LogP contribution in [0, 0.1) is 11.7 Å². The number of pyridine rings is 1. The first-order valence-electron chi connectivity index (χ1n) is 7.53. The van der Waals surface area contributed by atoms with Crippen molar-refractivity contribution in [2.24, 2.45) is 11.7 Å². The van der Waals surface area contributed by atoms with Crippen molar-refractivity contribution < 1.29 is 9.18 Å². The Kier molecular flexibility index (Phi) is 4.12. The van der Waals surface area contributed by atoms with Gasteiger partial charge in [-0.05, 0) is 29.8 Å². The molecule has 2 heterocycles. The largest absolute Gasteiger partial charge is 0.369 e. The zero-order valence-electron chi connectivity index (χ0n) is 13.1. The maximum Gasteiger partial charge on any atom is 0.221 e. The van der Waals surface area contributed by atoms with Crippen molar-refractivity contribution in [1.82, 2.24) is 15.2 Å². The van der Waals surface area contributed by atoms with Gasteiger partial charge in [0.1, 0.15) is 5.82 Å². The van der Waals surface area contributed by atoms with Crippen molar-refractivity contribution in [3.63, 3.8) is 0 Å². The predicted molar refractivity (Wildman–Crippen MR) is 87.5 cm³/mol. The van der Waals surface area contributed by atoms with E-state index < -0.39 is 17.2 Å². The quantitative estimate of drug-likeness (QED) is 0.756. The van der Waals surface area contributed by atoms with Crippen LogP contribution in [0.15, 0.2) is 61.1 Å². The highest BCUT2D eigenvalue weighted by atomic mass is 19.1. The summed E-state index contributed by atoms with van der Waals surface area (Å²) in [6.45, 7) is 1.74. The van der Waals surface area contributed by atoms with Crippen LogP contribution in [0.2, 0.25) is 0 Å². The molecule has 0 aliphatic heterocycles. The third-order valence-corrected chi connectivity index (χ3v) is 4.40. The van der Waals surface area contributed by atoms with Gasteiger partial charge in [-0.25, -0.2) is 4.39 Å². The Hall–Kier alpha value is -3.02. The summed E-state index contributed by atoms with van der Waals surface area (Å²) in [5.41, 5.74) is 6.79. The topological polar surface area (TPSA) is 84.7 Å². The third kappa shape index (κ3) is 2.46. The van der Waals surface area contributed by atoms with Crippen LogP contribution in [0.1, 0.15) is 23.7 Å². The Morgan fingerprint density at radius 1 is 1.21 bits per heavy atom. The van der Waals surface area contributed by atoms with Gasteiger partial charge in [-0.3, -0.25) is 14.9 Å². The highest BCUT2D eigenvalue weighted by Gasteiger charge is 2.46. The van der Waals surface area contributed by atoms with Crippen molar-refractivity contribution in [3.8, 4) is 0 Å². The van der Waals surface area contributed by atoms with Crippen LogP contribution in [0.5, 0.6) is 0 Å². The summed E-state index contributed by atoms with van der Waals surface area (Å²) in [6.07, 6.45) is 5.00. The maximum absolute atomic E-state index is 13.5. The molecule has 122 valence electrons. The number of nitrogens with two attached hydrogens (primary N) is 1. The Morgan fingerprint density at radius 3 is 2.50 bits per heavy atom. The average molecular weight is 324 g/mol. The summed E-state index contributed by atoms with van der Waals surface area (Å²) in [7, 11) is 0. The van der Waals surface area contributed by atoms with Gasteiger partial charge in [0.25, 0.3) is 0 Å². The third-order valence-electron chi connectivity index (χ3n) is 4.40. The van der Waals surface area contributed by atoms with E-state index in [0.29, 0.717) is 5.69 Å². The number of hydrogen-bond donors (Lipinski definition) is 2. The lowest BCUT2D eigenvalue weighted by Gasteiger charge is -2.37. The minimum Gasteiger partial charge on any atom is -0.369 e. The van der Waals surface area contributed by atoms with Gasteiger partial charge < -0.3 is 5.73 Å². The molecule has 0 bridgehead atoms. The van der Waals surface area contributed by atoms with Gasteiger partial charge in [-0.15, -0.1) is 0 Å². The molecule has 6 heteroatoms. The molecule has 0 saturated heterocycles. The first-order valence-corrected chi connectivity index (χ1v) is 7.53. The highest BCUT2D eigenvalue weighted by molar-refractivity contribution is 5.80. The molecule has 2 unspecified atom stereocenters. The monoisotopic (exact) mass is 324 g/mol. The van der Waals surface area contributed by atoms with Crippen LogP contribution in [-0.4, -0.2) is 21.1 Å². The Bertz CT molecular complexity index is 818. The molecule has 1 amide bonds. The maximum atomic E-state index is 13.5. The predicted octanol–water partition coefficient (Wildman–Crippen LogP) is 2.40. The lowest BCUT2D eigenvalue weighted by Crippen LogP contribution is -2.43. The van der Waals surface area contributed by atoms with E-state index in [4.69, 9.17) is 5.73 Å². The number of nitrogens with zero attached hydrogens (tertiary/aromatic N) is 2. The number of carbonyl (C=O) groups excluding carboxylic acids is 1. The van der Waals surface area contributed by atoms with Gasteiger partial charge in [0.2, 0.25) is 5.91 Å². The number of carbonyl (C=O) groups is 1. The van der Waals surface area contributed by atoms with Crippen molar-refractivity contribution in [3.05, 3.63) is 83.7 Å². The minimum absolute atomic E-state index is 0.354. The van der Waals surface area contributed by atoms with Crippen molar-refractivity contribution >= 4 is 5.91 Å². The fraction of sp³-hybridized carbons (Fsp3) is 0.167. The number of H-pyrrole nitrogens is 1. The minimum atomic E-state index is -0.964. The first kappa shape index (κ1) is 15.9. The van der Waals surface area contributed by atoms with E-state index in [-0.39, 0.29) is 5.82 Å². The van der Waals surface area contributed by atoms with Crippen molar-refractivity contribution in [2.45, 2.75) is 12.3 Å². The molecule has 0 aliphatic carbocycles. The summed E-state index contributed by atoms with van der Waals surface area (Å²) in [4.78, 5) is 16.6. The Morgan fingerprint density at radius 2 is 1.96 bits per heavy atom. The average Bonchev–Trinajstić information content (AvgIpc) is 3.13. The zero-order chi connectivity index (χ0) is 17.2. The van der Waals surface area contributed by atoms with E-state index in [1.807, 2.05) is 12.1 Å². The van der Waals surface area contributed by atoms with Crippen LogP contribution >= 0.6 is 0 Å². The molecule has 2 aromatic heterocycles. The van der Waals surface area contributed by atoms with Crippen LogP contribution in [0.3, 0.4) is 0 Å². The van der Waals surface area contributed by atoms with Gasteiger partial charge >= 0.3 is 0 Å². The van der Waals surface area contributed by atoms with E-state index in [1.54, 1.807) is 43.7 Å². The number of aromatic nitrogens is 3. The van der Waals surface area contributed by atoms with Crippen LogP contribution in [0.4, 0.5) is 4.39 Å². The van der Waals surface area contributed by atoms with E-state index in [0.717, 1.165) is 11.1 Å². The second kappa shape index (κ2) is 6.23. The molecule has 0 fully saturated rings. The molecule has 3 aromatic rings. The molecular formula is C18H17FN4O. The number of aromatic amines is 1. The van der Waals surface area contributed by atoms with Crippen LogP contribution < -0.4 is 5.73 Å². The van der Waals surface area contributed by atoms with Gasteiger partial charge in [0.15, 0.2) is 0 Å². The molecule has 0 spiro atoms. The molecule has 3 N–H and O–H groups in total. The number of nitrogens with one attached hydrogen (secondary N) is 1. The lowest BCUT2D eigenvalue weighted by molar-refractivity contribution is -0.122. The highest BCUT2D eigenvalue weighted by Crippen LogP contribution is 2.44. The Balaban J connectivity index is 2.37. The first-order chi connectivity index (χ1) is 11.6. The van der Waals surface area contributed by atoms with E-state index >= 15 is 0 Å². The SMILES string of the molecule is CC(C(N)=O)C(c1ccc(F)cc1)(c1cn[nH]c1)c1ccccn1. The fourth-order valence-corrected chi connectivity index (χ4v) is 3.17. The van der Waals surface area contributed by atoms with E-state index in [1.165, 1.54) is 12.1 Å². The number of rotatable bonds is 5. The second-order valence-corrected chi connectivity index (χ2v) is 5.64. The zero-order valence-corrected chi connectivity index (χ0v) is 13.1. The van der Waals surface area contributed by atoms with E-state index in [9.17, 15) is 9.18 Å². The van der Waals surface area contributed by atoms with Crippen molar-refractivity contribution in [1.29, 1.82) is 0 Å². The van der Waals surface area contributed by atoms with Crippen LogP contribution in [-0.2, 0) is 10.2 Å². The molecule has 3 rings (SSSR count). The number of benzene rings is 1. The molecule has 24 heavy (non-hydrogen) atoms. The van der Waals surface area contributed by atoms with Gasteiger partial charge in [-0.2, -0.15) is 5.10 Å². The Labute approximate surface area is 138 Å². The van der Waals surface area contributed by atoms with Crippen molar-refractivity contribution in [2.75, 3.05) is 0 Å². The number of halogens is 1. The molecule has 2 atom stereocenters. The van der Waals surface area contributed by atoms with Gasteiger partial charge in [-0.1, -0.05) is 25.1 Å². The fourth-order valence-electron chi connectivity index (χ4n) is 3.17. The standard InChI is InChI=1S/C18H17FN4O/c1-12(17(20)24)18(14-10-22-23-11-14,16-4-2-3-9-21-16)13-5-7-15(19)8-6-13/h2-12H,1H3,(H2,20,24)(H,22,23). The smallest absolute Gasteiger partial charge is 0.221 e. The normalized spacial score (nSPS) is 14.8. The van der Waals surface area contributed by atoms with Crippen LogP contribution in [0.25, 0.3) is 0 Å². The summed E-state index contributed by atoms with van der Waals surface area (Å²) in [5.74, 6) is -1.46. The number of amides is 1. The molecule has 0 radical (unpaired) electrons. The molecule has 0 aliphatic rings. The summed E-state index contributed by atoms with van der Waals surface area (Å²) >= 11 is 0. The number of primary amides is 1. The van der Waals surface area contributed by atoms with E-state index in [2.05, 4.69) is 15.2 Å². The summed E-state index contributed by atoms with van der Waals surface area (Å²) < 4.78 is 13.5. The lowest BCUT2D eigenvalue weighted by atomic mass is 9.64. The molecular weight excluding hydrogens is 307 g/mol. The molecule has 0 saturated carbocycles. The number of hydrogen-bond acceptors (Lipinski definition) is 3.